The first-order chi connectivity index (χ1) is 15.5. The van der Waals surface area contributed by atoms with E-state index in [-0.39, 0.29) is 17.6 Å². The number of nitrogens with two attached hydrogens (primary N) is 1. The van der Waals surface area contributed by atoms with Crippen molar-refractivity contribution in [1.29, 1.82) is 5.41 Å². The number of carbonyl (C=O) groups is 1. The van der Waals surface area contributed by atoms with Gasteiger partial charge in [-0.3, -0.25) is 10.2 Å². The molecule has 1 aromatic heterocycles. The lowest BCUT2D eigenvalue weighted by Gasteiger charge is -2.10. The first kappa shape index (κ1) is 20.7. The maximum absolute atomic E-state index is 12.8. The van der Waals surface area contributed by atoms with Crippen molar-refractivity contribution in [1.82, 2.24) is 4.98 Å². The quantitative estimate of drug-likeness (QED) is 0.434. The molecule has 9 nitrogen and oxygen atoms in total. The highest BCUT2D eigenvalue weighted by Gasteiger charge is 2.26. The predicted molar refractivity (Wildman–Crippen MR) is 121 cm³/mol. The Balaban J connectivity index is 1.65. The number of benzene rings is 2. The van der Waals surface area contributed by atoms with Crippen molar-refractivity contribution in [2.45, 2.75) is 6.17 Å². The van der Waals surface area contributed by atoms with Crippen molar-refractivity contribution in [3.05, 3.63) is 89.6 Å². The molecule has 32 heavy (non-hydrogen) atoms. The van der Waals surface area contributed by atoms with E-state index in [0.717, 1.165) is 11.1 Å². The van der Waals surface area contributed by atoms with Crippen molar-refractivity contribution < 1.29 is 14.3 Å². The molecule has 4 rings (SSSR count). The number of ether oxygens (including phenoxy) is 2. The molecule has 0 aliphatic carbocycles. The van der Waals surface area contributed by atoms with Gasteiger partial charge in [0, 0.05) is 17.2 Å². The third kappa shape index (κ3) is 4.46. The molecule has 0 radical (unpaired) electrons. The molecule has 0 spiro atoms. The minimum absolute atomic E-state index is 0.202. The van der Waals surface area contributed by atoms with Crippen molar-refractivity contribution in [3.8, 4) is 5.88 Å². The van der Waals surface area contributed by atoms with Crippen LogP contribution in [0.25, 0.3) is 0 Å². The number of anilines is 1. The molecule has 9 heteroatoms. The Bertz CT molecular complexity index is 1220. The molecule has 2 heterocycles. The van der Waals surface area contributed by atoms with Gasteiger partial charge in [-0.2, -0.15) is 4.99 Å². The Morgan fingerprint density at radius 3 is 2.59 bits per heavy atom. The van der Waals surface area contributed by atoms with Crippen LogP contribution in [0.4, 0.5) is 5.69 Å². The number of para-hydroxylation sites is 1. The van der Waals surface area contributed by atoms with Gasteiger partial charge in [0.05, 0.1) is 18.5 Å². The number of amides is 1. The second kappa shape index (κ2) is 9.09. The summed E-state index contributed by atoms with van der Waals surface area (Å²) in [5.41, 5.74) is 8.89. The van der Waals surface area contributed by atoms with Crippen LogP contribution in [-0.4, -0.2) is 41.8 Å². The maximum atomic E-state index is 12.8. The standard InChI is InChI=1S/C23H20N6O3/c1-31-18-13-7-12-17(26-18)20(24)32-23(25)29-21-22(30)27-16-11-6-5-10-15(16)19(28-21)14-8-3-2-4-9-14/h2-13,21,24H,1H3,(H2,25,29)(H,27,30). The van der Waals surface area contributed by atoms with Gasteiger partial charge in [-0.1, -0.05) is 54.6 Å². The molecule has 1 aliphatic rings. The summed E-state index contributed by atoms with van der Waals surface area (Å²) < 4.78 is 10.3. The van der Waals surface area contributed by atoms with E-state index in [2.05, 4.69) is 20.3 Å². The number of pyridine rings is 1. The molecule has 3 aromatic rings. The van der Waals surface area contributed by atoms with E-state index in [9.17, 15) is 4.79 Å². The third-order valence-corrected chi connectivity index (χ3v) is 4.59. The fraction of sp³-hybridized carbons (Fsp3) is 0.0870. The van der Waals surface area contributed by atoms with Gasteiger partial charge in [0.1, 0.15) is 5.69 Å². The van der Waals surface area contributed by atoms with Crippen molar-refractivity contribution in [2.24, 2.45) is 15.7 Å². The molecular weight excluding hydrogens is 408 g/mol. The lowest BCUT2D eigenvalue weighted by molar-refractivity contribution is -0.117. The SMILES string of the molecule is COc1cccc(C(=N)OC(N)=NC2N=C(c3ccccc3)c3ccccc3NC2=O)n1. The highest BCUT2D eigenvalue weighted by atomic mass is 16.5. The number of rotatable bonds is 4. The average Bonchev–Trinajstić information content (AvgIpc) is 2.96. The van der Waals surface area contributed by atoms with Gasteiger partial charge >= 0.3 is 0 Å². The van der Waals surface area contributed by atoms with Gasteiger partial charge in [-0.05, 0) is 12.1 Å². The number of amidine groups is 1. The number of nitrogens with zero attached hydrogens (tertiary/aromatic N) is 3. The summed E-state index contributed by atoms with van der Waals surface area (Å²) in [4.78, 5) is 25.6. The van der Waals surface area contributed by atoms with Gasteiger partial charge in [-0.15, -0.1) is 0 Å². The van der Waals surface area contributed by atoms with E-state index in [1.54, 1.807) is 24.3 Å². The van der Waals surface area contributed by atoms with Crippen LogP contribution in [0.2, 0.25) is 0 Å². The normalized spacial score (nSPS) is 15.7. The topological polar surface area (TPSA) is 135 Å². The fourth-order valence-electron chi connectivity index (χ4n) is 3.12. The molecule has 1 aliphatic heterocycles. The zero-order valence-electron chi connectivity index (χ0n) is 17.1. The Kier molecular flexibility index (Phi) is 5.89. The first-order valence-electron chi connectivity index (χ1n) is 9.69. The van der Waals surface area contributed by atoms with E-state index in [0.29, 0.717) is 17.3 Å². The molecule has 1 atom stereocenters. The fourth-order valence-corrected chi connectivity index (χ4v) is 3.12. The number of fused-ring (bicyclic) bond motifs is 1. The molecule has 1 amide bonds. The lowest BCUT2D eigenvalue weighted by atomic mass is 10.0. The monoisotopic (exact) mass is 428 g/mol. The molecule has 160 valence electrons. The number of aliphatic imine (C=N–C) groups is 2. The Hall–Kier alpha value is -4.53. The van der Waals surface area contributed by atoms with Crippen LogP contribution in [0, 0.1) is 5.41 Å². The van der Waals surface area contributed by atoms with Crippen LogP contribution >= 0.6 is 0 Å². The predicted octanol–water partition coefficient (Wildman–Crippen LogP) is 2.56. The van der Waals surface area contributed by atoms with Gasteiger partial charge < -0.3 is 20.5 Å². The first-order valence-corrected chi connectivity index (χ1v) is 9.69. The number of methoxy groups -OCH3 is 1. The van der Waals surface area contributed by atoms with E-state index in [1.165, 1.54) is 7.11 Å². The van der Waals surface area contributed by atoms with E-state index in [1.807, 2.05) is 48.5 Å². The molecule has 0 saturated carbocycles. The number of hydrogen-bond acceptors (Lipinski definition) is 7. The summed E-state index contributed by atoms with van der Waals surface area (Å²) in [6.07, 6.45) is -1.20. The smallest absolute Gasteiger partial charge is 0.291 e. The summed E-state index contributed by atoms with van der Waals surface area (Å²) in [5.74, 6) is -0.486. The molecular formula is C23H20N6O3. The number of aromatic nitrogens is 1. The third-order valence-electron chi connectivity index (χ3n) is 4.59. The van der Waals surface area contributed by atoms with Crippen molar-refractivity contribution in [3.63, 3.8) is 0 Å². The average molecular weight is 428 g/mol. The highest BCUT2D eigenvalue weighted by Crippen LogP contribution is 2.24. The van der Waals surface area contributed by atoms with Gasteiger partial charge in [0.15, 0.2) is 0 Å². The number of benzodiazepines with no additional fused rings is 1. The molecule has 0 saturated heterocycles. The molecule has 1 unspecified atom stereocenters. The van der Waals surface area contributed by atoms with Crippen LogP contribution in [0.1, 0.15) is 16.8 Å². The minimum Gasteiger partial charge on any atom is -0.481 e. The minimum atomic E-state index is -1.20. The zero-order chi connectivity index (χ0) is 22.5. The largest absolute Gasteiger partial charge is 0.481 e. The van der Waals surface area contributed by atoms with Crippen molar-refractivity contribution >= 4 is 29.2 Å². The van der Waals surface area contributed by atoms with Crippen LogP contribution < -0.4 is 15.8 Å². The Morgan fingerprint density at radius 1 is 1.06 bits per heavy atom. The Labute approximate surface area is 184 Å². The number of nitrogens with one attached hydrogen (secondary N) is 2. The molecule has 4 N–H and O–H groups in total. The van der Waals surface area contributed by atoms with Crippen LogP contribution in [0.15, 0.2) is 82.8 Å². The highest BCUT2D eigenvalue weighted by molar-refractivity contribution is 6.19. The zero-order valence-corrected chi connectivity index (χ0v) is 17.1. The summed E-state index contributed by atoms with van der Waals surface area (Å²) in [7, 11) is 1.47. The van der Waals surface area contributed by atoms with E-state index in [4.69, 9.17) is 20.6 Å². The maximum Gasteiger partial charge on any atom is 0.291 e. The van der Waals surface area contributed by atoms with Gasteiger partial charge in [-0.25, -0.2) is 9.98 Å². The summed E-state index contributed by atoms with van der Waals surface area (Å²) in [6.45, 7) is 0. The summed E-state index contributed by atoms with van der Waals surface area (Å²) in [5, 5.41) is 10.9. The Morgan fingerprint density at radius 2 is 1.81 bits per heavy atom. The lowest BCUT2D eigenvalue weighted by Crippen LogP contribution is -2.29. The van der Waals surface area contributed by atoms with Crippen LogP contribution in [-0.2, 0) is 9.53 Å². The molecule has 0 bridgehead atoms. The summed E-state index contributed by atoms with van der Waals surface area (Å²) in [6, 6.07) is 21.3. The van der Waals surface area contributed by atoms with Crippen molar-refractivity contribution in [2.75, 3.05) is 12.4 Å². The van der Waals surface area contributed by atoms with E-state index >= 15 is 0 Å². The second-order valence-corrected chi connectivity index (χ2v) is 6.72. The van der Waals surface area contributed by atoms with E-state index < -0.39 is 12.1 Å². The van der Waals surface area contributed by atoms with Gasteiger partial charge in [0.25, 0.3) is 11.9 Å². The second-order valence-electron chi connectivity index (χ2n) is 6.72. The number of hydrogen-bond donors (Lipinski definition) is 3. The molecule has 0 fully saturated rings. The number of carbonyl (C=O) groups excluding carboxylic acids is 1. The molecule has 2 aromatic carbocycles. The van der Waals surface area contributed by atoms with Crippen LogP contribution in [0.3, 0.4) is 0 Å². The van der Waals surface area contributed by atoms with Crippen LogP contribution in [0.5, 0.6) is 5.88 Å². The van der Waals surface area contributed by atoms with Gasteiger partial charge in [0.2, 0.25) is 17.9 Å². The summed E-state index contributed by atoms with van der Waals surface area (Å²) >= 11 is 0.